The summed E-state index contributed by atoms with van der Waals surface area (Å²) in [6, 6.07) is 8.20. The Labute approximate surface area is 120 Å². The number of nitro groups is 1. The third-order valence-electron chi connectivity index (χ3n) is 3.23. The molecule has 0 atom stereocenters. The highest BCUT2D eigenvalue weighted by Crippen LogP contribution is 2.31. The van der Waals surface area contributed by atoms with E-state index in [1.807, 2.05) is 24.3 Å². The lowest BCUT2D eigenvalue weighted by molar-refractivity contribution is -0.384. The number of para-hydroxylation sites is 1. The zero-order chi connectivity index (χ0) is 14.8. The zero-order valence-electron chi connectivity index (χ0n) is 11.0. The molecule has 21 heavy (non-hydrogen) atoms. The van der Waals surface area contributed by atoms with Gasteiger partial charge in [-0.3, -0.25) is 10.1 Å². The van der Waals surface area contributed by atoms with E-state index in [2.05, 4.69) is 9.97 Å². The van der Waals surface area contributed by atoms with Crippen molar-refractivity contribution in [1.29, 1.82) is 0 Å². The minimum absolute atomic E-state index is 0.000874. The Morgan fingerprint density at radius 3 is 2.57 bits per heavy atom. The lowest BCUT2D eigenvalue weighted by Crippen LogP contribution is -2.03. The lowest BCUT2D eigenvalue weighted by atomic mass is 10.0. The van der Waals surface area contributed by atoms with E-state index in [4.69, 9.17) is 5.73 Å². The number of aromatic nitrogens is 2. The summed E-state index contributed by atoms with van der Waals surface area (Å²) < 4.78 is 0. The maximum absolute atomic E-state index is 11.1. The molecule has 0 aliphatic heterocycles. The van der Waals surface area contributed by atoms with Gasteiger partial charge in [0.1, 0.15) is 0 Å². The average Bonchev–Trinajstić information content (AvgIpc) is 3.01. The van der Waals surface area contributed by atoms with Crippen LogP contribution in [0.15, 0.2) is 54.6 Å². The summed E-state index contributed by atoms with van der Waals surface area (Å²) in [4.78, 5) is 19.0. The molecule has 0 unspecified atom stereocenters. The number of rotatable bonds is 3. The van der Waals surface area contributed by atoms with Gasteiger partial charge in [0.15, 0.2) is 0 Å². The maximum Gasteiger partial charge on any atom is 0.278 e. The van der Waals surface area contributed by atoms with Crippen LogP contribution in [0.2, 0.25) is 0 Å². The van der Waals surface area contributed by atoms with Gasteiger partial charge in [-0.15, -0.1) is 0 Å². The van der Waals surface area contributed by atoms with Gasteiger partial charge in [0, 0.05) is 12.0 Å². The summed E-state index contributed by atoms with van der Waals surface area (Å²) >= 11 is 0. The molecule has 0 amide bonds. The quantitative estimate of drug-likeness (QED) is 0.689. The van der Waals surface area contributed by atoms with Crippen molar-refractivity contribution in [2.45, 2.75) is 5.92 Å². The molecule has 1 aliphatic carbocycles. The van der Waals surface area contributed by atoms with Gasteiger partial charge in [0.2, 0.25) is 5.95 Å². The number of hydrogen-bond donors (Lipinski definition) is 1. The number of nitro benzene ring substituents is 1. The third-order valence-corrected chi connectivity index (χ3v) is 3.23. The molecular formula is C15H12N4O2. The van der Waals surface area contributed by atoms with Crippen LogP contribution in [0.25, 0.3) is 11.3 Å². The van der Waals surface area contributed by atoms with Crippen LogP contribution in [0.3, 0.4) is 0 Å². The number of benzene rings is 1. The van der Waals surface area contributed by atoms with Gasteiger partial charge in [0.05, 0.1) is 21.9 Å². The van der Waals surface area contributed by atoms with E-state index in [9.17, 15) is 10.1 Å². The van der Waals surface area contributed by atoms with Gasteiger partial charge in [0.25, 0.3) is 5.69 Å². The van der Waals surface area contributed by atoms with Crippen molar-refractivity contribution in [2.24, 2.45) is 0 Å². The number of nitrogens with zero attached hydrogens (tertiary/aromatic N) is 3. The van der Waals surface area contributed by atoms with Crippen LogP contribution in [-0.2, 0) is 0 Å². The van der Waals surface area contributed by atoms with Crippen LogP contribution in [0.1, 0.15) is 11.6 Å². The predicted octanol–water partition coefficient (Wildman–Crippen LogP) is 2.84. The molecule has 1 heterocycles. The molecule has 0 fully saturated rings. The van der Waals surface area contributed by atoms with Crippen LogP contribution in [0.4, 0.5) is 11.6 Å². The van der Waals surface area contributed by atoms with Gasteiger partial charge in [-0.1, -0.05) is 36.4 Å². The first-order valence-electron chi connectivity index (χ1n) is 6.38. The van der Waals surface area contributed by atoms with Crippen LogP contribution in [0.5, 0.6) is 0 Å². The number of hydrogen-bond acceptors (Lipinski definition) is 5. The Morgan fingerprint density at radius 2 is 1.86 bits per heavy atom. The van der Waals surface area contributed by atoms with Gasteiger partial charge >= 0.3 is 0 Å². The molecule has 0 spiro atoms. The molecule has 104 valence electrons. The fourth-order valence-corrected chi connectivity index (χ4v) is 2.27. The Hall–Kier alpha value is -3.02. The number of nitrogen functional groups attached to an aromatic ring is 1. The Bertz CT molecular complexity index is 756. The maximum atomic E-state index is 11.1. The molecule has 0 radical (unpaired) electrons. The van der Waals surface area contributed by atoms with Crippen molar-refractivity contribution < 1.29 is 4.92 Å². The second-order valence-corrected chi connectivity index (χ2v) is 4.61. The van der Waals surface area contributed by atoms with Gasteiger partial charge in [-0.2, -0.15) is 0 Å². The van der Waals surface area contributed by atoms with Crippen LogP contribution >= 0.6 is 0 Å². The highest BCUT2D eigenvalue weighted by molar-refractivity contribution is 5.71. The second kappa shape index (κ2) is 5.16. The van der Waals surface area contributed by atoms with E-state index in [1.165, 1.54) is 6.07 Å². The van der Waals surface area contributed by atoms with Crippen molar-refractivity contribution >= 4 is 11.6 Å². The number of anilines is 1. The predicted molar refractivity (Wildman–Crippen MR) is 79.6 cm³/mol. The molecule has 2 N–H and O–H groups in total. The van der Waals surface area contributed by atoms with Crippen molar-refractivity contribution in [3.63, 3.8) is 0 Å². The van der Waals surface area contributed by atoms with Gasteiger partial charge < -0.3 is 5.73 Å². The second-order valence-electron chi connectivity index (χ2n) is 4.61. The normalized spacial score (nSPS) is 13.7. The monoisotopic (exact) mass is 280 g/mol. The van der Waals surface area contributed by atoms with Crippen molar-refractivity contribution in [1.82, 2.24) is 9.97 Å². The fourth-order valence-electron chi connectivity index (χ4n) is 2.27. The molecule has 1 aliphatic rings. The smallest absolute Gasteiger partial charge is 0.278 e. The van der Waals surface area contributed by atoms with Gasteiger partial charge in [-0.25, -0.2) is 9.97 Å². The molecule has 3 rings (SSSR count). The van der Waals surface area contributed by atoms with E-state index in [-0.39, 0.29) is 17.6 Å². The molecule has 6 heteroatoms. The van der Waals surface area contributed by atoms with Crippen LogP contribution < -0.4 is 5.73 Å². The summed E-state index contributed by atoms with van der Waals surface area (Å²) in [5.74, 6) is 0.131. The van der Waals surface area contributed by atoms with Crippen LogP contribution in [-0.4, -0.2) is 14.9 Å². The molecule has 0 saturated carbocycles. The summed E-state index contributed by atoms with van der Waals surface area (Å²) in [6.45, 7) is 0. The first kappa shape index (κ1) is 13.0. The Kier molecular flexibility index (Phi) is 3.19. The summed E-state index contributed by atoms with van der Waals surface area (Å²) in [5, 5.41) is 11.1. The largest absolute Gasteiger partial charge is 0.368 e. The minimum Gasteiger partial charge on any atom is -0.368 e. The summed E-state index contributed by atoms with van der Waals surface area (Å²) in [5.41, 5.74) is 7.36. The fraction of sp³-hybridized carbons (Fsp3) is 0.0667. The zero-order valence-corrected chi connectivity index (χ0v) is 11.0. The molecule has 0 bridgehead atoms. The van der Waals surface area contributed by atoms with E-state index < -0.39 is 4.92 Å². The average molecular weight is 280 g/mol. The van der Waals surface area contributed by atoms with E-state index in [0.717, 1.165) is 5.69 Å². The Morgan fingerprint density at radius 1 is 1.14 bits per heavy atom. The van der Waals surface area contributed by atoms with Crippen molar-refractivity contribution in [2.75, 3.05) is 5.73 Å². The summed E-state index contributed by atoms with van der Waals surface area (Å²) in [6.07, 6.45) is 7.80. The molecule has 0 saturated heterocycles. The highest BCUT2D eigenvalue weighted by atomic mass is 16.6. The molecular weight excluding hydrogens is 268 g/mol. The topological polar surface area (TPSA) is 94.9 Å². The minimum atomic E-state index is -0.428. The van der Waals surface area contributed by atoms with E-state index >= 15 is 0 Å². The first-order chi connectivity index (χ1) is 10.1. The highest BCUT2D eigenvalue weighted by Gasteiger charge is 2.18. The number of nitrogens with two attached hydrogens (primary N) is 1. The van der Waals surface area contributed by atoms with E-state index in [0.29, 0.717) is 11.3 Å². The van der Waals surface area contributed by atoms with Crippen molar-refractivity contribution in [3.05, 3.63) is 70.4 Å². The third kappa shape index (κ3) is 2.51. The molecule has 6 nitrogen and oxygen atoms in total. The SMILES string of the molecule is Nc1nc(-c2ccccc2[N+](=O)[O-])cc(C2C=CC=C2)n1. The lowest BCUT2D eigenvalue weighted by Gasteiger charge is -2.09. The Balaban J connectivity index is 2.13. The molecule has 1 aromatic heterocycles. The molecule has 2 aromatic rings. The molecule has 1 aromatic carbocycles. The number of allylic oxidation sites excluding steroid dienone is 4. The standard InChI is InChI=1S/C15H12N4O2/c16-15-17-12(10-5-1-2-6-10)9-13(18-15)11-7-3-4-8-14(11)19(20)21/h1-10H,(H2,16,17,18). The van der Waals surface area contributed by atoms with E-state index in [1.54, 1.807) is 24.3 Å². The first-order valence-corrected chi connectivity index (χ1v) is 6.38. The van der Waals surface area contributed by atoms with Gasteiger partial charge in [-0.05, 0) is 12.1 Å². The van der Waals surface area contributed by atoms with Crippen molar-refractivity contribution in [3.8, 4) is 11.3 Å². The summed E-state index contributed by atoms with van der Waals surface area (Å²) in [7, 11) is 0. The van der Waals surface area contributed by atoms with Crippen LogP contribution in [0, 0.1) is 10.1 Å².